The molecule has 0 amide bonds. The van der Waals surface area contributed by atoms with E-state index < -0.39 is 0 Å². The van der Waals surface area contributed by atoms with Gasteiger partial charge in [-0.15, -0.1) is 22.7 Å². The number of nitrogens with one attached hydrogen (secondary N) is 1. The third kappa shape index (κ3) is 2.91. The summed E-state index contributed by atoms with van der Waals surface area (Å²) in [5.41, 5.74) is 1.12. The lowest BCUT2D eigenvalue weighted by atomic mass is 10.3. The number of hydrogen-bond acceptors (Lipinski definition) is 4. The molecule has 0 fully saturated rings. The highest BCUT2D eigenvalue weighted by molar-refractivity contribution is 9.10. The van der Waals surface area contributed by atoms with Crippen molar-refractivity contribution in [2.45, 2.75) is 26.4 Å². The van der Waals surface area contributed by atoms with E-state index in [0.717, 1.165) is 21.7 Å². The van der Waals surface area contributed by atoms with Crippen molar-refractivity contribution in [1.29, 1.82) is 0 Å². The molecule has 0 saturated carbocycles. The Morgan fingerprint density at radius 3 is 2.88 bits per heavy atom. The Morgan fingerprint density at radius 2 is 2.25 bits per heavy atom. The standard InChI is InChI=1S/C11H13BrN2S2/c1-7(2)13-5-8-6-16-11(14-8)10-9(12)3-4-15-10/h3-4,6-7,13H,5H2,1-2H3. The number of thiophene rings is 1. The predicted octanol–water partition coefficient (Wildman–Crippen LogP) is 4.13. The van der Waals surface area contributed by atoms with Gasteiger partial charge in [0.05, 0.1) is 10.6 Å². The smallest absolute Gasteiger partial charge is 0.134 e. The third-order valence-electron chi connectivity index (χ3n) is 2.05. The number of halogens is 1. The van der Waals surface area contributed by atoms with E-state index >= 15 is 0 Å². The van der Waals surface area contributed by atoms with Gasteiger partial charge in [0.15, 0.2) is 0 Å². The van der Waals surface area contributed by atoms with Crippen LogP contribution >= 0.6 is 38.6 Å². The summed E-state index contributed by atoms with van der Waals surface area (Å²) in [5, 5.41) is 8.67. The molecule has 0 saturated heterocycles. The fraction of sp³-hybridized carbons (Fsp3) is 0.364. The molecular formula is C11H13BrN2S2. The van der Waals surface area contributed by atoms with Crippen molar-refractivity contribution in [1.82, 2.24) is 10.3 Å². The van der Waals surface area contributed by atoms with Crippen molar-refractivity contribution >= 4 is 38.6 Å². The van der Waals surface area contributed by atoms with E-state index in [2.05, 4.69) is 56.9 Å². The Labute approximate surface area is 112 Å². The molecule has 0 radical (unpaired) electrons. The topological polar surface area (TPSA) is 24.9 Å². The monoisotopic (exact) mass is 316 g/mol. The lowest BCUT2D eigenvalue weighted by Gasteiger charge is -2.04. The van der Waals surface area contributed by atoms with Crippen LogP contribution in [0.1, 0.15) is 19.5 Å². The SMILES string of the molecule is CC(C)NCc1csc(-c2sccc2Br)n1. The zero-order chi connectivity index (χ0) is 11.5. The molecule has 16 heavy (non-hydrogen) atoms. The van der Waals surface area contributed by atoms with Crippen LogP contribution in [0.25, 0.3) is 9.88 Å². The van der Waals surface area contributed by atoms with E-state index in [9.17, 15) is 0 Å². The van der Waals surface area contributed by atoms with E-state index in [1.165, 1.54) is 4.88 Å². The quantitative estimate of drug-likeness (QED) is 0.917. The Bertz CT molecular complexity index is 462. The maximum absolute atomic E-state index is 4.62. The average Bonchev–Trinajstić information content (AvgIpc) is 2.83. The van der Waals surface area contributed by atoms with Crippen LogP contribution in [0.15, 0.2) is 21.3 Å². The summed E-state index contributed by atoms with van der Waals surface area (Å²) in [4.78, 5) is 5.84. The number of nitrogens with zero attached hydrogens (tertiary/aromatic N) is 1. The van der Waals surface area contributed by atoms with Gasteiger partial charge in [0.25, 0.3) is 0 Å². The van der Waals surface area contributed by atoms with Crippen molar-refractivity contribution in [2.75, 3.05) is 0 Å². The number of thiazole rings is 1. The molecule has 0 atom stereocenters. The molecule has 0 aromatic carbocycles. The van der Waals surface area contributed by atoms with Crippen LogP contribution in [0.5, 0.6) is 0 Å². The lowest BCUT2D eigenvalue weighted by molar-refractivity contribution is 0.583. The highest BCUT2D eigenvalue weighted by Crippen LogP contribution is 2.35. The van der Waals surface area contributed by atoms with Gasteiger partial charge in [0.1, 0.15) is 5.01 Å². The van der Waals surface area contributed by atoms with Crippen LogP contribution in [-0.4, -0.2) is 11.0 Å². The van der Waals surface area contributed by atoms with Crippen LogP contribution < -0.4 is 5.32 Å². The zero-order valence-corrected chi connectivity index (χ0v) is 12.4. The van der Waals surface area contributed by atoms with Crippen molar-refractivity contribution in [2.24, 2.45) is 0 Å². The van der Waals surface area contributed by atoms with Gasteiger partial charge in [0, 0.05) is 22.4 Å². The first-order valence-electron chi connectivity index (χ1n) is 5.08. The molecule has 0 bridgehead atoms. The van der Waals surface area contributed by atoms with Crippen molar-refractivity contribution < 1.29 is 0 Å². The first-order chi connectivity index (χ1) is 7.66. The molecule has 0 unspecified atom stereocenters. The first-order valence-corrected chi connectivity index (χ1v) is 7.63. The highest BCUT2D eigenvalue weighted by Gasteiger charge is 2.09. The molecule has 2 aromatic rings. The second kappa shape index (κ2) is 5.40. The first kappa shape index (κ1) is 12.2. The molecule has 0 aliphatic carbocycles. The van der Waals surface area contributed by atoms with Gasteiger partial charge in [0.2, 0.25) is 0 Å². The summed E-state index contributed by atoms with van der Waals surface area (Å²) in [6.07, 6.45) is 0. The van der Waals surface area contributed by atoms with E-state index in [-0.39, 0.29) is 0 Å². The molecule has 0 aliphatic rings. The number of rotatable bonds is 4. The Hall–Kier alpha value is -0.230. The normalized spacial score (nSPS) is 11.2. The second-order valence-corrected chi connectivity index (χ2v) is 6.41. The van der Waals surface area contributed by atoms with Crippen molar-refractivity contribution in [3.63, 3.8) is 0 Å². The van der Waals surface area contributed by atoms with E-state index in [4.69, 9.17) is 0 Å². The largest absolute Gasteiger partial charge is 0.309 e. The predicted molar refractivity (Wildman–Crippen MR) is 75.1 cm³/mol. The van der Waals surface area contributed by atoms with Gasteiger partial charge in [-0.2, -0.15) is 0 Å². The summed E-state index contributed by atoms with van der Waals surface area (Å²) < 4.78 is 1.13. The Balaban J connectivity index is 2.11. The molecule has 2 rings (SSSR count). The lowest BCUT2D eigenvalue weighted by Crippen LogP contribution is -2.21. The van der Waals surface area contributed by atoms with Gasteiger partial charge in [-0.3, -0.25) is 0 Å². The van der Waals surface area contributed by atoms with E-state index in [1.54, 1.807) is 22.7 Å². The summed E-state index contributed by atoms with van der Waals surface area (Å²) >= 11 is 6.96. The fourth-order valence-corrected chi connectivity index (χ4v) is 3.88. The van der Waals surface area contributed by atoms with Gasteiger partial charge in [-0.05, 0) is 27.4 Å². The van der Waals surface area contributed by atoms with E-state index in [0.29, 0.717) is 6.04 Å². The van der Waals surface area contributed by atoms with Crippen LogP contribution in [0.2, 0.25) is 0 Å². The molecule has 5 heteroatoms. The number of aromatic nitrogens is 1. The molecular weight excluding hydrogens is 304 g/mol. The zero-order valence-electron chi connectivity index (χ0n) is 9.16. The van der Waals surface area contributed by atoms with Crippen molar-refractivity contribution in [3.8, 4) is 9.88 Å². The van der Waals surface area contributed by atoms with Crippen LogP contribution in [-0.2, 0) is 6.54 Å². The highest BCUT2D eigenvalue weighted by atomic mass is 79.9. The summed E-state index contributed by atoms with van der Waals surface area (Å²) in [7, 11) is 0. The molecule has 2 aromatic heterocycles. The second-order valence-electron chi connectivity index (χ2n) is 3.78. The van der Waals surface area contributed by atoms with Gasteiger partial charge in [-0.25, -0.2) is 4.98 Å². The van der Waals surface area contributed by atoms with Gasteiger partial charge in [-0.1, -0.05) is 13.8 Å². The maximum atomic E-state index is 4.62. The van der Waals surface area contributed by atoms with Crippen LogP contribution in [0.3, 0.4) is 0 Å². The molecule has 1 N–H and O–H groups in total. The summed E-state index contributed by atoms with van der Waals surface area (Å²) in [6.45, 7) is 5.13. The fourth-order valence-electron chi connectivity index (χ4n) is 1.25. The van der Waals surface area contributed by atoms with Crippen LogP contribution in [0, 0.1) is 0 Å². The van der Waals surface area contributed by atoms with Gasteiger partial charge < -0.3 is 5.32 Å². The minimum absolute atomic E-state index is 0.499. The Morgan fingerprint density at radius 1 is 1.44 bits per heavy atom. The maximum Gasteiger partial charge on any atom is 0.134 e. The molecule has 0 spiro atoms. The molecule has 0 aliphatic heterocycles. The molecule has 2 nitrogen and oxygen atoms in total. The minimum atomic E-state index is 0.499. The van der Waals surface area contributed by atoms with Gasteiger partial charge >= 0.3 is 0 Å². The summed E-state index contributed by atoms with van der Waals surface area (Å²) in [5.74, 6) is 0. The third-order valence-corrected chi connectivity index (χ3v) is 4.94. The number of hydrogen-bond donors (Lipinski definition) is 1. The average molecular weight is 317 g/mol. The minimum Gasteiger partial charge on any atom is -0.309 e. The molecule has 86 valence electrons. The summed E-state index contributed by atoms with van der Waals surface area (Å²) in [6, 6.07) is 2.56. The van der Waals surface area contributed by atoms with E-state index in [1.807, 2.05) is 0 Å². The van der Waals surface area contributed by atoms with Crippen LogP contribution in [0.4, 0.5) is 0 Å². The molecule has 2 heterocycles. The van der Waals surface area contributed by atoms with Crippen molar-refractivity contribution in [3.05, 3.63) is 27.0 Å². The Kier molecular flexibility index (Phi) is 4.13.